The zero-order chi connectivity index (χ0) is 15.9. The van der Waals surface area contributed by atoms with Crippen LogP contribution in [0.15, 0.2) is 58.3 Å². The number of halogens is 3. The van der Waals surface area contributed by atoms with Crippen LogP contribution < -0.4 is 5.73 Å². The molecule has 2 aromatic carbocycles. The lowest BCUT2D eigenvalue weighted by Crippen LogP contribution is -2.13. The van der Waals surface area contributed by atoms with Crippen LogP contribution >= 0.6 is 11.8 Å². The zero-order valence-corrected chi connectivity index (χ0v) is 12.0. The Labute approximate surface area is 128 Å². The molecule has 6 heteroatoms. The molecule has 3 rings (SSSR count). The molecule has 0 amide bonds. The van der Waals surface area contributed by atoms with E-state index in [4.69, 9.17) is 5.73 Å². The number of rotatable bonds is 1. The molecule has 0 aromatic heterocycles. The number of carbonyl (C=O) groups excluding carboxylic acids is 1. The summed E-state index contributed by atoms with van der Waals surface area (Å²) in [6, 6.07) is 11.9. The number of hydrogen-bond donors (Lipinski definition) is 1. The van der Waals surface area contributed by atoms with Crippen LogP contribution in [0.25, 0.3) is 5.70 Å². The average Bonchev–Trinajstić information content (AvgIpc) is 2.83. The van der Waals surface area contributed by atoms with Gasteiger partial charge in [-0.1, -0.05) is 42.1 Å². The number of Topliss-reactive ketones (excluding diaryl/α,β-unsaturated/α-hetero) is 1. The van der Waals surface area contributed by atoms with Crippen molar-refractivity contribution in [2.24, 2.45) is 5.73 Å². The summed E-state index contributed by atoms with van der Waals surface area (Å²) in [5.41, 5.74) is 5.22. The van der Waals surface area contributed by atoms with Crippen molar-refractivity contribution in [3.8, 4) is 0 Å². The number of hydrogen-bond acceptors (Lipinski definition) is 3. The van der Waals surface area contributed by atoms with E-state index >= 15 is 0 Å². The minimum atomic E-state index is -4.53. The molecular formula is C16H10F3NOS. The Balaban J connectivity index is 2.14. The second-order valence-electron chi connectivity index (χ2n) is 4.71. The summed E-state index contributed by atoms with van der Waals surface area (Å²) in [6.07, 6.45) is -4.53. The van der Waals surface area contributed by atoms with E-state index in [0.29, 0.717) is 10.5 Å². The number of alkyl halides is 3. The quantitative estimate of drug-likeness (QED) is 0.795. The summed E-state index contributed by atoms with van der Waals surface area (Å²) in [7, 11) is 0. The summed E-state index contributed by atoms with van der Waals surface area (Å²) >= 11 is 1.10. The molecule has 0 fully saturated rings. The van der Waals surface area contributed by atoms with Gasteiger partial charge in [-0.2, -0.15) is 13.2 Å². The Kier molecular flexibility index (Phi) is 3.48. The van der Waals surface area contributed by atoms with Gasteiger partial charge >= 0.3 is 6.18 Å². The first kappa shape index (κ1) is 14.7. The second-order valence-corrected chi connectivity index (χ2v) is 5.77. The molecule has 0 atom stereocenters. The molecule has 0 bridgehead atoms. The minimum Gasteiger partial charge on any atom is -0.397 e. The van der Waals surface area contributed by atoms with E-state index in [-0.39, 0.29) is 21.9 Å². The predicted molar refractivity (Wildman–Crippen MR) is 79.2 cm³/mol. The fourth-order valence-corrected chi connectivity index (χ4v) is 3.35. The lowest BCUT2D eigenvalue weighted by atomic mass is 10.0. The van der Waals surface area contributed by atoms with E-state index in [0.717, 1.165) is 17.8 Å². The van der Waals surface area contributed by atoms with E-state index < -0.39 is 11.7 Å². The molecule has 0 radical (unpaired) electrons. The largest absolute Gasteiger partial charge is 0.417 e. The Morgan fingerprint density at radius 3 is 2.32 bits per heavy atom. The summed E-state index contributed by atoms with van der Waals surface area (Å²) in [5, 5.41) is 0. The minimum absolute atomic E-state index is 0.137. The van der Waals surface area contributed by atoms with Crippen LogP contribution in [-0.4, -0.2) is 5.78 Å². The summed E-state index contributed by atoms with van der Waals surface area (Å²) < 4.78 is 39.3. The summed E-state index contributed by atoms with van der Waals surface area (Å²) in [4.78, 5) is 13.2. The lowest BCUT2D eigenvalue weighted by molar-refractivity contribution is -0.137. The molecule has 0 spiro atoms. The Hall–Kier alpha value is -2.21. The van der Waals surface area contributed by atoms with Crippen molar-refractivity contribution in [3.05, 3.63) is 70.1 Å². The van der Waals surface area contributed by atoms with Crippen LogP contribution in [0.2, 0.25) is 0 Å². The SMILES string of the molecule is NC(=C1Sc2ccccc2C1=O)c1ccccc1C(F)(F)F. The van der Waals surface area contributed by atoms with Gasteiger partial charge in [0.2, 0.25) is 5.78 Å². The number of carbonyl (C=O) groups is 1. The molecule has 22 heavy (non-hydrogen) atoms. The van der Waals surface area contributed by atoms with Gasteiger partial charge < -0.3 is 5.73 Å². The number of allylic oxidation sites excluding steroid dienone is 1. The topological polar surface area (TPSA) is 43.1 Å². The van der Waals surface area contributed by atoms with Gasteiger partial charge in [0.15, 0.2) is 0 Å². The highest BCUT2D eigenvalue weighted by atomic mass is 32.2. The first-order valence-corrected chi connectivity index (χ1v) is 7.19. The van der Waals surface area contributed by atoms with Crippen LogP contribution in [0.4, 0.5) is 13.2 Å². The highest BCUT2D eigenvalue weighted by Crippen LogP contribution is 2.43. The predicted octanol–water partition coefficient (Wildman–Crippen LogP) is 4.32. The van der Waals surface area contributed by atoms with Gasteiger partial charge in [-0.05, 0) is 18.2 Å². The van der Waals surface area contributed by atoms with E-state index in [1.54, 1.807) is 24.3 Å². The second kappa shape index (κ2) is 5.21. The first-order chi connectivity index (χ1) is 10.4. The normalized spacial score (nSPS) is 16.6. The standard InChI is InChI=1S/C16H10F3NOS/c17-16(18,19)11-7-3-1-5-9(11)13(20)15-14(21)10-6-2-4-8-12(10)22-15/h1-8H,20H2. The fraction of sp³-hybridized carbons (Fsp3) is 0.0625. The molecule has 2 aromatic rings. The molecule has 0 aliphatic carbocycles. The van der Waals surface area contributed by atoms with Crippen molar-refractivity contribution in [2.75, 3.05) is 0 Å². The van der Waals surface area contributed by atoms with Gasteiger partial charge in [0.25, 0.3) is 0 Å². The van der Waals surface area contributed by atoms with Gasteiger partial charge in [0.05, 0.1) is 16.2 Å². The highest BCUT2D eigenvalue weighted by Gasteiger charge is 2.35. The van der Waals surface area contributed by atoms with Gasteiger partial charge in [0, 0.05) is 16.0 Å². The van der Waals surface area contributed by atoms with E-state index in [9.17, 15) is 18.0 Å². The smallest absolute Gasteiger partial charge is 0.397 e. The third-order valence-corrected chi connectivity index (χ3v) is 4.50. The molecule has 2 N–H and O–H groups in total. The maximum atomic E-state index is 13.1. The number of fused-ring (bicyclic) bond motifs is 1. The summed E-state index contributed by atoms with van der Waals surface area (Å²) in [5.74, 6) is -0.338. The van der Waals surface area contributed by atoms with Crippen LogP contribution in [-0.2, 0) is 6.18 Å². The summed E-state index contributed by atoms with van der Waals surface area (Å²) in [6.45, 7) is 0. The van der Waals surface area contributed by atoms with Crippen molar-refractivity contribution in [1.82, 2.24) is 0 Å². The van der Waals surface area contributed by atoms with Gasteiger partial charge in [-0.3, -0.25) is 4.79 Å². The van der Waals surface area contributed by atoms with Crippen LogP contribution in [0.1, 0.15) is 21.5 Å². The lowest BCUT2D eigenvalue weighted by Gasteiger charge is -2.13. The number of benzene rings is 2. The molecular weight excluding hydrogens is 311 g/mol. The molecule has 0 saturated heterocycles. The van der Waals surface area contributed by atoms with Crippen LogP contribution in [0.3, 0.4) is 0 Å². The fourth-order valence-electron chi connectivity index (χ4n) is 2.29. The monoisotopic (exact) mass is 321 g/mol. The molecule has 1 aliphatic heterocycles. The molecule has 1 aliphatic rings. The van der Waals surface area contributed by atoms with Crippen molar-refractivity contribution in [3.63, 3.8) is 0 Å². The molecule has 0 saturated carbocycles. The number of ketones is 1. The highest BCUT2D eigenvalue weighted by molar-refractivity contribution is 8.05. The van der Waals surface area contributed by atoms with Gasteiger partial charge in [-0.15, -0.1) is 0 Å². The zero-order valence-electron chi connectivity index (χ0n) is 11.1. The van der Waals surface area contributed by atoms with Gasteiger partial charge in [-0.25, -0.2) is 0 Å². The number of thioether (sulfide) groups is 1. The van der Waals surface area contributed by atoms with Crippen LogP contribution in [0.5, 0.6) is 0 Å². The Morgan fingerprint density at radius 2 is 1.64 bits per heavy atom. The van der Waals surface area contributed by atoms with Crippen molar-refractivity contribution >= 4 is 23.2 Å². The van der Waals surface area contributed by atoms with Crippen molar-refractivity contribution in [2.45, 2.75) is 11.1 Å². The van der Waals surface area contributed by atoms with E-state index in [1.807, 2.05) is 0 Å². The van der Waals surface area contributed by atoms with Gasteiger partial charge in [0.1, 0.15) is 0 Å². The van der Waals surface area contributed by atoms with Crippen molar-refractivity contribution < 1.29 is 18.0 Å². The van der Waals surface area contributed by atoms with E-state index in [1.165, 1.54) is 18.2 Å². The first-order valence-electron chi connectivity index (χ1n) is 6.37. The molecule has 1 heterocycles. The van der Waals surface area contributed by atoms with Crippen LogP contribution in [0, 0.1) is 0 Å². The Morgan fingerprint density at radius 1 is 1.00 bits per heavy atom. The molecule has 112 valence electrons. The third-order valence-electron chi connectivity index (χ3n) is 3.32. The average molecular weight is 321 g/mol. The van der Waals surface area contributed by atoms with Crippen molar-refractivity contribution in [1.29, 1.82) is 0 Å². The third kappa shape index (κ3) is 2.39. The molecule has 0 unspecified atom stereocenters. The molecule has 2 nitrogen and oxygen atoms in total. The number of nitrogens with two attached hydrogens (primary N) is 1. The maximum Gasteiger partial charge on any atom is 0.417 e. The Bertz CT molecular complexity index is 796. The maximum absolute atomic E-state index is 13.1. The van der Waals surface area contributed by atoms with E-state index in [2.05, 4.69) is 0 Å².